The second kappa shape index (κ2) is 11.7. The Morgan fingerprint density at radius 1 is 0.861 bits per heavy atom. The van der Waals surface area contributed by atoms with E-state index in [1.807, 2.05) is 37.3 Å². The zero-order valence-corrected chi connectivity index (χ0v) is 19.7. The molecule has 0 saturated heterocycles. The zero-order valence-electron chi connectivity index (χ0n) is 19.7. The Balaban J connectivity index is 1.34. The molecule has 0 aliphatic rings. The summed E-state index contributed by atoms with van der Waals surface area (Å²) in [5.41, 5.74) is 0.403. The third kappa shape index (κ3) is 6.50. The molecule has 0 radical (unpaired) electrons. The van der Waals surface area contributed by atoms with E-state index in [9.17, 15) is 14.4 Å². The van der Waals surface area contributed by atoms with Crippen LogP contribution in [0.4, 0.5) is 0 Å². The highest BCUT2D eigenvalue weighted by molar-refractivity contribution is 5.96. The topological polar surface area (TPSA) is 104 Å². The number of hydrogen-bond acceptors (Lipinski definition) is 7. The molecule has 0 spiro atoms. The van der Waals surface area contributed by atoms with Gasteiger partial charge >= 0.3 is 11.6 Å². The minimum atomic E-state index is -0.776. The molecule has 8 nitrogen and oxygen atoms in total. The van der Waals surface area contributed by atoms with E-state index in [4.69, 9.17) is 18.6 Å². The highest BCUT2D eigenvalue weighted by atomic mass is 16.6. The molecule has 0 saturated carbocycles. The SMILES string of the molecule is CCOc1ccc(OCC(=O)Oc2ccc3cc(C(=O)NCCc4ccccc4)c(=O)oc3c2)cc1. The average Bonchev–Trinajstić information content (AvgIpc) is 2.88. The van der Waals surface area contributed by atoms with E-state index >= 15 is 0 Å². The van der Waals surface area contributed by atoms with Gasteiger partial charge in [-0.1, -0.05) is 30.3 Å². The van der Waals surface area contributed by atoms with Gasteiger partial charge in [-0.2, -0.15) is 0 Å². The number of fused-ring (bicyclic) bond motifs is 1. The summed E-state index contributed by atoms with van der Waals surface area (Å²) in [6.45, 7) is 2.52. The van der Waals surface area contributed by atoms with Crippen LogP contribution < -0.4 is 25.2 Å². The standard InChI is InChI=1S/C28H25NO7/c1-2-33-21-10-12-22(13-11-21)34-18-26(30)35-23-9-8-20-16-24(28(32)36-25(20)17-23)27(31)29-15-14-19-6-4-3-5-7-19/h3-13,16-17H,2,14-15,18H2,1H3,(H,29,31). The second-order valence-corrected chi connectivity index (χ2v) is 7.81. The van der Waals surface area contributed by atoms with Crippen LogP contribution in [0.25, 0.3) is 11.0 Å². The molecule has 36 heavy (non-hydrogen) atoms. The number of carbonyl (C=O) groups is 2. The van der Waals surface area contributed by atoms with Crippen LogP contribution in [-0.4, -0.2) is 31.6 Å². The summed E-state index contributed by atoms with van der Waals surface area (Å²) in [7, 11) is 0. The van der Waals surface area contributed by atoms with Crippen LogP contribution in [0.5, 0.6) is 17.2 Å². The summed E-state index contributed by atoms with van der Waals surface area (Å²) < 4.78 is 21.4. The molecule has 184 valence electrons. The summed E-state index contributed by atoms with van der Waals surface area (Å²) in [6, 6.07) is 22.6. The second-order valence-electron chi connectivity index (χ2n) is 7.81. The van der Waals surface area contributed by atoms with Gasteiger partial charge in [-0.05, 0) is 61.4 Å². The van der Waals surface area contributed by atoms with Gasteiger partial charge in [0.1, 0.15) is 28.4 Å². The lowest BCUT2D eigenvalue weighted by Crippen LogP contribution is -2.29. The van der Waals surface area contributed by atoms with Crippen LogP contribution in [0, 0.1) is 0 Å². The molecule has 3 aromatic carbocycles. The molecule has 0 aliphatic carbocycles. The van der Waals surface area contributed by atoms with E-state index in [-0.39, 0.29) is 23.5 Å². The Labute approximate surface area is 207 Å². The normalized spacial score (nSPS) is 10.6. The van der Waals surface area contributed by atoms with Crippen LogP contribution in [-0.2, 0) is 11.2 Å². The van der Waals surface area contributed by atoms with Gasteiger partial charge < -0.3 is 23.9 Å². The third-order valence-electron chi connectivity index (χ3n) is 5.22. The maximum atomic E-state index is 12.5. The maximum Gasteiger partial charge on any atom is 0.349 e. The quantitative estimate of drug-likeness (QED) is 0.204. The van der Waals surface area contributed by atoms with Crippen molar-refractivity contribution < 1.29 is 28.2 Å². The van der Waals surface area contributed by atoms with E-state index in [1.165, 1.54) is 12.1 Å². The van der Waals surface area contributed by atoms with Gasteiger partial charge in [0.15, 0.2) is 6.61 Å². The smallest absolute Gasteiger partial charge is 0.349 e. The fourth-order valence-corrected chi connectivity index (χ4v) is 3.48. The molecular formula is C28H25NO7. The van der Waals surface area contributed by atoms with Crippen molar-refractivity contribution in [3.63, 3.8) is 0 Å². The van der Waals surface area contributed by atoms with Crippen molar-refractivity contribution >= 4 is 22.8 Å². The van der Waals surface area contributed by atoms with Crippen LogP contribution in [0.3, 0.4) is 0 Å². The minimum absolute atomic E-state index is 0.0935. The zero-order chi connectivity index (χ0) is 25.3. The summed E-state index contributed by atoms with van der Waals surface area (Å²) in [5.74, 6) is 0.252. The van der Waals surface area contributed by atoms with Gasteiger partial charge in [0, 0.05) is 18.0 Å². The lowest BCUT2D eigenvalue weighted by Gasteiger charge is -2.09. The van der Waals surface area contributed by atoms with E-state index in [0.717, 1.165) is 5.56 Å². The summed E-state index contributed by atoms with van der Waals surface area (Å²) in [5, 5.41) is 3.26. The van der Waals surface area contributed by atoms with Gasteiger partial charge in [0.2, 0.25) is 0 Å². The molecule has 1 N–H and O–H groups in total. The van der Waals surface area contributed by atoms with Crippen LogP contribution >= 0.6 is 0 Å². The average molecular weight is 488 g/mol. The lowest BCUT2D eigenvalue weighted by molar-refractivity contribution is -0.136. The molecule has 1 aromatic heterocycles. The molecule has 0 unspecified atom stereocenters. The number of esters is 1. The van der Waals surface area contributed by atoms with Crippen LogP contribution in [0.15, 0.2) is 88.1 Å². The number of nitrogens with one attached hydrogen (secondary N) is 1. The monoisotopic (exact) mass is 487 g/mol. The van der Waals surface area contributed by atoms with E-state index in [2.05, 4.69) is 5.32 Å². The summed E-state index contributed by atoms with van der Waals surface area (Å²) in [6.07, 6.45) is 0.641. The molecule has 0 fully saturated rings. The first-order valence-corrected chi connectivity index (χ1v) is 11.5. The first-order valence-electron chi connectivity index (χ1n) is 11.5. The van der Waals surface area contributed by atoms with Crippen molar-refractivity contribution in [3.05, 3.63) is 100 Å². The molecule has 4 aromatic rings. The molecular weight excluding hydrogens is 462 g/mol. The van der Waals surface area contributed by atoms with E-state index < -0.39 is 17.5 Å². The maximum absolute atomic E-state index is 12.5. The van der Waals surface area contributed by atoms with Crippen molar-refractivity contribution in [1.82, 2.24) is 5.32 Å². The number of hydrogen-bond donors (Lipinski definition) is 1. The first-order chi connectivity index (χ1) is 17.5. The number of rotatable bonds is 10. The van der Waals surface area contributed by atoms with Gasteiger partial charge in [0.05, 0.1) is 6.61 Å². The van der Waals surface area contributed by atoms with Crippen molar-refractivity contribution in [3.8, 4) is 17.2 Å². The predicted molar refractivity (Wildman–Crippen MR) is 134 cm³/mol. The van der Waals surface area contributed by atoms with Crippen molar-refractivity contribution in [2.45, 2.75) is 13.3 Å². The van der Waals surface area contributed by atoms with E-state index in [1.54, 1.807) is 36.4 Å². The van der Waals surface area contributed by atoms with Gasteiger partial charge in [0.25, 0.3) is 5.91 Å². The first kappa shape index (κ1) is 24.5. The van der Waals surface area contributed by atoms with Crippen LogP contribution in [0.2, 0.25) is 0 Å². The number of benzene rings is 3. The fourth-order valence-electron chi connectivity index (χ4n) is 3.48. The van der Waals surface area contributed by atoms with Crippen molar-refractivity contribution in [2.75, 3.05) is 19.8 Å². The highest BCUT2D eigenvalue weighted by Crippen LogP contribution is 2.21. The Kier molecular flexibility index (Phi) is 7.97. The molecule has 0 atom stereocenters. The Hall–Kier alpha value is -4.59. The van der Waals surface area contributed by atoms with Crippen LogP contribution in [0.1, 0.15) is 22.8 Å². The minimum Gasteiger partial charge on any atom is -0.494 e. The molecule has 4 rings (SSSR count). The Morgan fingerprint density at radius 2 is 1.56 bits per heavy atom. The predicted octanol–water partition coefficient (Wildman–Crippen LogP) is 4.15. The molecule has 8 heteroatoms. The van der Waals surface area contributed by atoms with Gasteiger partial charge in [-0.3, -0.25) is 4.79 Å². The Morgan fingerprint density at radius 3 is 2.28 bits per heavy atom. The summed E-state index contributed by atoms with van der Waals surface area (Å²) in [4.78, 5) is 37.1. The number of amides is 1. The third-order valence-corrected chi connectivity index (χ3v) is 5.22. The molecule has 0 bridgehead atoms. The summed E-state index contributed by atoms with van der Waals surface area (Å²) >= 11 is 0. The van der Waals surface area contributed by atoms with Crippen molar-refractivity contribution in [2.24, 2.45) is 0 Å². The molecule has 1 heterocycles. The lowest BCUT2D eigenvalue weighted by atomic mass is 10.1. The number of ether oxygens (including phenoxy) is 3. The Bertz CT molecular complexity index is 1400. The molecule has 0 aliphatic heterocycles. The largest absolute Gasteiger partial charge is 0.494 e. The number of carbonyl (C=O) groups excluding carboxylic acids is 2. The molecule has 1 amide bonds. The fraction of sp³-hybridized carbons (Fsp3) is 0.179. The van der Waals surface area contributed by atoms with Gasteiger partial charge in [-0.25, -0.2) is 9.59 Å². The van der Waals surface area contributed by atoms with E-state index in [0.29, 0.717) is 36.5 Å². The van der Waals surface area contributed by atoms with Crippen molar-refractivity contribution in [1.29, 1.82) is 0 Å². The highest BCUT2D eigenvalue weighted by Gasteiger charge is 2.15. The van der Waals surface area contributed by atoms with Gasteiger partial charge in [-0.15, -0.1) is 0 Å².